The quantitative estimate of drug-likeness (QED) is 0.808. The van der Waals surface area contributed by atoms with Crippen molar-refractivity contribution in [2.24, 2.45) is 0 Å². The van der Waals surface area contributed by atoms with E-state index in [1.807, 2.05) is 24.1 Å². The molecule has 0 bridgehead atoms. The van der Waals surface area contributed by atoms with Gasteiger partial charge in [-0.25, -0.2) is 4.98 Å². The van der Waals surface area contributed by atoms with E-state index in [-0.39, 0.29) is 5.91 Å². The second kappa shape index (κ2) is 7.53. The normalized spacial score (nSPS) is 18.3. The Hall–Kier alpha value is -2.29. The summed E-state index contributed by atoms with van der Waals surface area (Å²) in [5, 5.41) is 3.94. The molecule has 8 nitrogen and oxygen atoms in total. The van der Waals surface area contributed by atoms with Gasteiger partial charge in [0.25, 0.3) is 5.91 Å². The Labute approximate surface area is 157 Å². The molecule has 0 saturated carbocycles. The predicted molar refractivity (Wildman–Crippen MR) is 101 cm³/mol. The average molecular weight is 373 g/mol. The van der Waals surface area contributed by atoms with Gasteiger partial charge in [0.2, 0.25) is 5.95 Å². The second-order valence-electron chi connectivity index (χ2n) is 6.73. The molecule has 2 fully saturated rings. The third kappa shape index (κ3) is 3.48. The summed E-state index contributed by atoms with van der Waals surface area (Å²) in [6.45, 7) is 6.80. The van der Waals surface area contributed by atoms with Gasteiger partial charge in [0.1, 0.15) is 10.7 Å². The number of aromatic nitrogens is 4. The van der Waals surface area contributed by atoms with Crippen LogP contribution in [0.5, 0.6) is 0 Å². The molecule has 1 amide bonds. The molecule has 4 rings (SSSR count). The standard InChI is InChI=1S/C17H23N7OS/c1-13-15(26-21-20-13)16(25)23-11-9-22(10-12-23)14-5-6-18-17(19-14)24-7-3-2-4-8-24/h5-6H,2-4,7-12H2,1H3. The van der Waals surface area contributed by atoms with Crippen molar-refractivity contribution in [1.82, 2.24) is 24.5 Å². The lowest BCUT2D eigenvalue weighted by molar-refractivity contribution is 0.0750. The van der Waals surface area contributed by atoms with E-state index >= 15 is 0 Å². The summed E-state index contributed by atoms with van der Waals surface area (Å²) in [6.07, 6.45) is 5.55. The molecule has 0 spiro atoms. The molecular weight excluding hydrogens is 350 g/mol. The molecule has 0 radical (unpaired) electrons. The van der Waals surface area contributed by atoms with Gasteiger partial charge in [-0.2, -0.15) is 4.98 Å². The molecule has 138 valence electrons. The summed E-state index contributed by atoms with van der Waals surface area (Å²) in [5.74, 6) is 1.81. The smallest absolute Gasteiger partial charge is 0.267 e. The fraction of sp³-hybridized carbons (Fsp3) is 0.588. The molecule has 0 aliphatic carbocycles. The molecule has 2 aromatic heterocycles. The zero-order valence-electron chi connectivity index (χ0n) is 15.0. The Morgan fingerprint density at radius 1 is 1.04 bits per heavy atom. The Bertz CT molecular complexity index is 766. The van der Waals surface area contributed by atoms with Crippen LogP contribution in [0.25, 0.3) is 0 Å². The van der Waals surface area contributed by atoms with Crippen LogP contribution in [-0.4, -0.2) is 69.6 Å². The van der Waals surface area contributed by atoms with Crippen LogP contribution in [0.4, 0.5) is 11.8 Å². The van der Waals surface area contributed by atoms with Crippen molar-refractivity contribution in [2.75, 3.05) is 49.1 Å². The zero-order valence-corrected chi connectivity index (χ0v) is 15.8. The molecule has 0 unspecified atom stereocenters. The highest BCUT2D eigenvalue weighted by Gasteiger charge is 2.26. The molecule has 2 aromatic rings. The highest BCUT2D eigenvalue weighted by atomic mass is 32.1. The molecule has 2 aliphatic rings. The summed E-state index contributed by atoms with van der Waals surface area (Å²) in [5.41, 5.74) is 0.712. The van der Waals surface area contributed by atoms with E-state index in [9.17, 15) is 4.79 Å². The highest BCUT2D eigenvalue weighted by Crippen LogP contribution is 2.21. The molecule has 26 heavy (non-hydrogen) atoms. The fourth-order valence-corrected chi connectivity index (χ4v) is 4.10. The van der Waals surface area contributed by atoms with Crippen LogP contribution in [0.1, 0.15) is 34.6 Å². The van der Waals surface area contributed by atoms with E-state index in [0.29, 0.717) is 23.7 Å². The first-order valence-electron chi connectivity index (χ1n) is 9.13. The number of piperazine rings is 1. The Kier molecular flexibility index (Phi) is 4.96. The summed E-state index contributed by atoms with van der Waals surface area (Å²) in [4.78, 5) is 28.8. The van der Waals surface area contributed by atoms with Crippen molar-refractivity contribution in [2.45, 2.75) is 26.2 Å². The molecule has 2 aliphatic heterocycles. The maximum Gasteiger partial charge on any atom is 0.267 e. The van der Waals surface area contributed by atoms with Crippen LogP contribution in [-0.2, 0) is 0 Å². The lowest BCUT2D eigenvalue weighted by atomic mass is 10.1. The van der Waals surface area contributed by atoms with E-state index in [1.165, 1.54) is 30.8 Å². The molecule has 0 aromatic carbocycles. The monoisotopic (exact) mass is 373 g/mol. The summed E-state index contributed by atoms with van der Waals surface area (Å²) < 4.78 is 3.87. The summed E-state index contributed by atoms with van der Waals surface area (Å²) in [6, 6.07) is 1.96. The van der Waals surface area contributed by atoms with Gasteiger partial charge in [0.15, 0.2) is 0 Å². The zero-order chi connectivity index (χ0) is 17.9. The lowest BCUT2D eigenvalue weighted by Gasteiger charge is -2.35. The van der Waals surface area contributed by atoms with Crippen LogP contribution in [0.2, 0.25) is 0 Å². The number of nitrogens with zero attached hydrogens (tertiary/aromatic N) is 7. The first-order valence-corrected chi connectivity index (χ1v) is 9.91. The van der Waals surface area contributed by atoms with Crippen LogP contribution in [0.15, 0.2) is 12.3 Å². The van der Waals surface area contributed by atoms with Crippen molar-refractivity contribution < 1.29 is 4.79 Å². The topological polar surface area (TPSA) is 78.4 Å². The van der Waals surface area contributed by atoms with Gasteiger partial charge >= 0.3 is 0 Å². The van der Waals surface area contributed by atoms with E-state index in [0.717, 1.165) is 37.9 Å². The number of amides is 1. The van der Waals surface area contributed by atoms with Crippen molar-refractivity contribution >= 4 is 29.2 Å². The third-order valence-electron chi connectivity index (χ3n) is 5.00. The fourth-order valence-electron chi connectivity index (χ4n) is 3.47. The van der Waals surface area contributed by atoms with Gasteiger partial charge in [-0.05, 0) is 43.8 Å². The highest BCUT2D eigenvalue weighted by molar-refractivity contribution is 7.07. The number of hydrogen-bond donors (Lipinski definition) is 0. The molecule has 4 heterocycles. The third-order valence-corrected chi connectivity index (χ3v) is 5.82. The van der Waals surface area contributed by atoms with Gasteiger partial charge in [-0.3, -0.25) is 4.79 Å². The minimum absolute atomic E-state index is 0.0360. The second-order valence-corrected chi connectivity index (χ2v) is 7.48. The van der Waals surface area contributed by atoms with E-state index in [2.05, 4.69) is 24.4 Å². The van der Waals surface area contributed by atoms with Crippen molar-refractivity contribution in [3.05, 3.63) is 22.8 Å². The number of anilines is 2. The average Bonchev–Trinajstić information content (AvgIpc) is 3.14. The number of hydrogen-bond acceptors (Lipinski definition) is 8. The van der Waals surface area contributed by atoms with Gasteiger partial charge in [-0.15, -0.1) is 5.10 Å². The minimum Gasteiger partial charge on any atom is -0.353 e. The van der Waals surface area contributed by atoms with Crippen LogP contribution in [0, 0.1) is 6.92 Å². The minimum atomic E-state index is 0.0360. The number of carbonyl (C=O) groups is 1. The molecule has 9 heteroatoms. The van der Waals surface area contributed by atoms with E-state index < -0.39 is 0 Å². The van der Waals surface area contributed by atoms with E-state index in [1.54, 1.807) is 0 Å². The van der Waals surface area contributed by atoms with Crippen molar-refractivity contribution in [3.63, 3.8) is 0 Å². The molecular formula is C17H23N7OS. The Morgan fingerprint density at radius 2 is 1.81 bits per heavy atom. The summed E-state index contributed by atoms with van der Waals surface area (Å²) >= 11 is 1.17. The van der Waals surface area contributed by atoms with Gasteiger partial charge in [0, 0.05) is 45.5 Å². The SMILES string of the molecule is Cc1nnsc1C(=O)N1CCN(c2ccnc(N3CCCCC3)n2)CC1. The van der Waals surface area contributed by atoms with Crippen LogP contribution >= 0.6 is 11.5 Å². The van der Waals surface area contributed by atoms with Crippen LogP contribution < -0.4 is 9.80 Å². The number of carbonyl (C=O) groups excluding carboxylic acids is 1. The molecule has 2 saturated heterocycles. The predicted octanol–water partition coefficient (Wildman–Crippen LogP) is 1.59. The summed E-state index contributed by atoms with van der Waals surface area (Å²) in [7, 11) is 0. The Balaban J connectivity index is 1.40. The number of rotatable bonds is 3. The molecule has 0 N–H and O–H groups in total. The van der Waals surface area contributed by atoms with E-state index in [4.69, 9.17) is 4.98 Å². The maximum atomic E-state index is 12.6. The first kappa shape index (κ1) is 17.1. The number of piperidine rings is 1. The largest absolute Gasteiger partial charge is 0.353 e. The molecule has 0 atom stereocenters. The number of aryl methyl sites for hydroxylation is 1. The first-order chi connectivity index (χ1) is 12.7. The van der Waals surface area contributed by atoms with Gasteiger partial charge in [-0.1, -0.05) is 4.49 Å². The van der Waals surface area contributed by atoms with Crippen molar-refractivity contribution in [3.8, 4) is 0 Å². The van der Waals surface area contributed by atoms with Gasteiger partial charge < -0.3 is 14.7 Å². The van der Waals surface area contributed by atoms with Crippen molar-refractivity contribution in [1.29, 1.82) is 0 Å². The van der Waals surface area contributed by atoms with Crippen LogP contribution in [0.3, 0.4) is 0 Å². The van der Waals surface area contributed by atoms with Gasteiger partial charge in [0.05, 0.1) is 5.69 Å². The maximum absolute atomic E-state index is 12.6. The Morgan fingerprint density at radius 3 is 2.50 bits per heavy atom. The lowest BCUT2D eigenvalue weighted by Crippen LogP contribution is -2.49.